The van der Waals surface area contributed by atoms with Gasteiger partial charge in [-0.15, -0.1) is 11.8 Å². The van der Waals surface area contributed by atoms with Gasteiger partial charge in [-0.25, -0.2) is 9.97 Å². The van der Waals surface area contributed by atoms with Crippen molar-refractivity contribution in [2.75, 3.05) is 24.4 Å². The van der Waals surface area contributed by atoms with E-state index in [1.807, 2.05) is 30.5 Å². The van der Waals surface area contributed by atoms with Crippen LogP contribution in [0.3, 0.4) is 0 Å². The lowest BCUT2D eigenvalue weighted by molar-refractivity contribution is 0.215. The van der Waals surface area contributed by atoms with Gasteiger partial charge in [0.05, 0.1) is 11.8 Å². The van der Waals surface area contributed by atoms with Gasteiger partial charge in [-0.05, 0) is 24.5 Å². The molecule has 0 radical (unpaired) electrons. The molecule has 0 saturated carbocycles. The molecule has 2 rings (SSSR count). The standard InChI is InChI=1S/C13H15N5OS/c1-19-17-7-11-12(14)15-8-16-13(11)18-9-4-3-5-10(6-9)20-2/h3-8H,1-2H3,(H3,14,15,16,18). The highest BCUT2D eigenvalue weighted by atomic mass is 32.2. The normalized spacial score (nSPS) is 10.7. The second-order valence-corrected chi connectivity index (χ2v) is 4.67. The minimum Gasteiger partial charge on any atom is -0.399 e. The van der Waals surface area contributed by atoms with Gasteiger partial charge in [-0.2, -0.15) is 0 Å². The van der Waals surface area contributed by atoms with E-state index >= 15 is 0 Å². The summed E-state index contributed by atoms with van der Waals surface area (Å²) < 4.78 is 0. The molecule has 6 nitrogen and oxygen atoms in total. The molecule has 0 aliphatic rings. The second-order valence-electron chi connectivity index (χ2n) is 3.80. The molecule has 1 aromatic heterocycles. The Morgan fingerprint density at radius 1 is 1.40 bits per heavy atom. The summed E-state index contributed by atoms with van der Waals surface area (Å²) in [5, 5.41) is 6.92. The average molecular weight is 289 g/mol. The van der Waals surface area contributed by atoms with Crippen LogP contribution in [0.5, 0.6) is 0 Å². The predicted molar refractivity (Wildman–Crippen MR) is 82.6 cm³/mol. The molecule has 0 atom stereocenters. The molecule has 0 unspecified atom stereocenters. The molecule has 20 heavy (non-hydrogen) atoms. The number of nitrogens with two attached hydrogens (primary N) is 1. The van der Waals surface area contributed by atoms with Crippen LogP contribution >= 0.6 is 11.8 Å². The maximum absolute atomic E-state index is 5.83. The van der Waals surface area contributed by atoms with Crippen LogP contribution in [0, 0.1) is 0 Å². The molecule has 0 aliphatic heterocycles. The van der Waals surface area contributed by atoms with Gasteiger partial charge in [-0.3, -0.25) is 0 Å². The number of hydrogen-bond donors (Lipinski definition) is 2. The Bertz CT molecular complexity index is 617. The Hall–Kier alpha value is -2.28. The summed E-state index contributed by atoms with van der Waals surface area (Å²) in [7, 11) is 1.46. The lowest BCUT2D eigenvalue weighted by Crippen LogP contribution is -2.05. The van der Waals surface area contributed by atoms with Crippen LogP contribution in [0.15, 0.2) is 40.6 Å². The number of oxime groups is 1. The van der Waals surface area contributed by atoms with Crippen molar-refractivity contribution in [1.82, 2.24) is 9.97 Å². The van der Waals surface area contributed by atoms with Gasteiger partial charge in [0.1, 0.15) is 25.1 Å². The number of nitrogen functional groups attached to an aromatic ring is 1. The molecule has 0 saturated heterocycles. The number of nitrogens with zero attached hydrogens (tertiary/aromatic N) is 3. The van der Waals surface area contributed by atoms with Crippen molar-refractivity contribution in [2.24, 2.45) is 5.16 Å². The van der Waals surface area contributed by atoms with Crippen molar-refractivity contribution in [1.29, 1.82) is 0 Å². The molecule has 1 aromatic carbocycles. The van der Waals surface area contributed by atoms with Crippen LogP contribution < -0.4 is 11.1 Å². The molecule has 0 fully saturated rings. The van der Waals surface area contributed by atoms with Crippen LogP contribution in [0.2, 0.25) is 0 Å². The number of hydrogen-bond acceptors (Lipinski definition) is 7. The first-order valence-electron chi connectivity index (χ1n) is 5.82. The molecule has 7 heteroatoms. The SMILES string of the molecule is CON=Cc1c(N)ncnc1Nc1cccc(SC)c1. The fourth-order valence-electron chi connectivity index (χ4n) is 1.58. The third-order valence-electron chi connectivity index (χ3n) is 2.53. The summed E-state index contributed by atoms with van der Waals surface area (Å²) in [5.41, 5.74) is 7.34. The van der Waals surface area contributed by atoms with E-state index in [0.717, 1.165) is 10.6 Å². The smallest absolute Gasteiger partial charge is 0.144 e. The summed E-state index contributed by atoms with van der Waals surface area (Å²) in [4.78, 5) is 14.0. The molecular weight excluding hydrogens is 274 g/mol. The lowest BCUT2D eigenvalue weighted by atomic mass is 10.2. The molecule has 104 valence electrons. The molecule has 2 aromatic rings. The van der Waals surface area contributed by atoms with Crippen LogP contribution in [0.4, 0.5) is 17.3 Å². The van der Waals surface area contributed by atoms with Crippen molar-refractivity contribution < 1.29 is 4.84 Å². The molecular formula is C13H15N5OS. The van der Waals surface area contributed by atoms with E-state index in [1.54, 1.807) is 11.8 Å². The van der Waals surface area contributed by atoms with Gasteiger partial charge in [0.25, 0.3) is 0 Å². The number of anilines is 3. The Kier molecular flexibility index (Phi) is 4.78. The van der Waals surface area contributed by atoms with Crippen molar-refractivity contribution in [3.63, 3.8) is 0 Å². The second kappa shape index (κ2) is 6.76. The predicted octanol–water partition coefficient (Wildman–Crippen LogP) is 2.50. The number of nitrogens with one attached hydrogen (secondary N) is 1. The van der Waals surface area contributed by atoms with Crippen molar-refractivity contribution in [3.05, 3.63) is 36.2 Å². The minimum atomic E-state index is 0.337. The first-order chi connectivity index (χ1) is 9.74. The van der Waals surface area contributed by atoms with E-state index in [9.17, 15) is 0 Å². The van der Waals surface area contributed by atoms with Gasteiger partial charge in [0.15, 0.2) is 0 Å². The molecule has 3 N–H and O–H groups in total. The monoisotopic (exact) mass is 289 g/mol. The number of rotatable bonds is 5. The van der Waals surface area contributed by atoms with Crippen LogP contribution in [0.25, 0.3) is 0 Å². The van der Waals surface area contributed by atoms with Gasteiger partial charge >= 0.3 is 0 Å². The fourth-order valence-corrected chi connectivity index (χ4v) is 2.04. The van der Waals surface area contributed by atoms with Crippen LogP contribution in [-0.2, 0) is 4.84 Å². The molecule has 0 aliphatic carbocycles. The Balaban J connectivity index is 2.32. The van der Waals surface area contributed by atoms with Gasteiger partial charge in [-0.1, -0.05) is 11.2 Å². The average Bonchev–Trinajstić information content (AvgIpc) is 2.47. The quantitative estimate of drug-likeness (QED) is 0.500. The van der Waals surface area contributed by atoms with E-state index in [4.69, 9.17) is 5.73 Å². The maximum Gasteiger partial charge on any atom is 0.144 e. The third kappa shape index (κ3) is 3.39. The van der Waals surface area contributed by atoms with E-state index in [-0.39, 0.29) is 0 Å². The zero-order valence-corrected chi connectivity index (χ0v) is 12.0. The maximum atomic E-state index is 5.83. The summed E-state index contributed by atoms with van der Waals surface area (Å²) in [6.07, 6.45) is 4.91. The highest BCUT2D eigenvalue weighted by Crippen LogP contribution is 2.23. The van der Waals surface area contributed by atoms with E-state index < -0.39 is 0 Å². The Morgan fingerprint density at radius 3 is 3.00 bits per heavy atom. The van der Waals surface area contributed by atoms with E-state index in [0.29, 0.717) is 17.2 Å². The minimum absolute atomic E-state index is 0.337. The fraction of sp³-hybridized carbons (Fsp3) is 0.154. The highest BCUT2D eigenvalue weighted by Gasteiger charge is 2.08. The lowest BCUT2D eigenvalue weighted by Gasteiger charge is -2.10. The van der Waals surface area contributed by atoms with Crippen LogP contribution in [-0.4, -0.2) is 29.5 Å². The van der Waals surface area contributed by atoms with Gasteiger partial charge in [0, 0.05) is 10.6 Å². The highest BCUT2D eigenvalue weighted by molar-refractivity contribution is 7.98. The first kappa shape index (κ1) is 14.1. The summed E-state index contributed by atoms with van der Waals surface area (Å²) in [5.74, 6) is 0.917. The van der Waals surface area contributed by atoms with Crippen molar-refractivity contribution in [2.45, 2.75) is 4.90 Å². The molecule has 0 amide bonds. The first-order valence-corrected chi connectivity index (χ1v) is 7.05. The Morgan fingerprint density at radius 2 is 2.25 bits per heavy atom. The third-order valence-corrected chi connectivity index (χ3v) is 3.26. The zero-order valence-electron chi connectivity index (χ0n) is 11.2. The largest absolute Gasteiger partial charge is 0.399 e. The molecule has 0 bridgehead atoms. The van der Waals surface area contributed by atoms with Crippen molar-refractivity contribution in [3.8, 4) is 0 Å². The summed E-state index contributed by atoms with van der Waals surface area (Å²) >= 11 is 1.67. The van der Waals surface area contributed by atoms with Crippen LogP contribution in [0.1, 0.15) is 5.56 Å². The molecule has 1 heterocycles. The number of aromatic nitrogens is 2. The number of thioether (sulfide) groups is 1. The van der Waals surface area contributed by atoms with Gasteiger partial charge < -0.3 is 15.9 Å². The molecule has 0 spiro atoms. The summed E-state index contributed by atoms with van der Waals surface area (Å²) in [6.45, 7) is 0. The van der Waals surface area contributed by atoms with Gasteiger partial charge in [0.2, 0.25) is 0 Å². The van der Waals surface area contributed by atoms with E-state index in [1.165, 1.54) is 19.7 Å². The zero-order chi connectivity index (χ0) is 14.4. The van der Waals surface area contributed by atoms with E-state index in [2.05, 4.69) is 25.3 Å². The Labute approximate surface area is 121 Å². The van der Waals surface area contributed by atoms with Crippen molar-refractivity contribution >= 4 is 35.3 Å². The summed E-state index contributed by atoms with van der Waals surface area (Å²) in [6, 6.07) is 7.99. The number of benzene rings is 1. The topological polar surface area (TPSA) is 85.4 Å².